The minimum Gasteiger partial charge on any atom is -0.337 e. The van der Waals surface area contributed by atoms with Gasteiger partial charge in [-0.05, 0) is 37.3 Å². The van der Waals surface area contributed by atoms with Crippen molar-refractivity contribution >= 4 is 0 Å². The van der Waals surface area contributed by atoms with Crippen LogP contribution in [0.25, 0.3) is 11.5 Å². The van der Waals surface area contributed by atoms with Crippen molar-refractivity contribution in [2.45, 2.75) is 40.2 Å². The summed E-state index contributed by atoms with van der Waals surface area (Å²) in [4.78, 5) is 8.71. The molecule has 0 radical (unpaired) electrons. The van der Waals surface area contributed by atoms with E-state index in [-0.39, 0.29) is 6.04 Å². The third-order valence-corrected chi connectivity index (χ3v) is 2.91. The van der Waals surface area contributed by atoms with Crippen LogP contribution in [0.3, 0.4) is 0 Å². The first-order valence-electron chi connectivity index (χ1n) is 6.50. The molecule has 19 heavy (non-hydrogen) atoms. The lowest BCUT2D eigenvalue weighted by Crippen LogP contribution is -2.13. The van der Waals surface area contributed by atoms with Crippen LogP contribution >= 0.6 is 0 Å². The standard InChI is InChI=1S/C14H20N4O/c1-8(2)5-11(15)14-17-13(18-19-14)12-10(4)6-9(3)7-16-12/h6-8,11H,5,15H2,1-4H3/t11-/m1/s1. The Morgan fingerprint density at radius 1 is 1.32 bits per heavy atom. The minimum absolute atomic E-state index is 0.216. The number of hydrogen-bond donors (Lipinski definition) is 1. The fourth-order valence-corrected chi connectivity index (χ4v) is 2.04. The van der Waals surface area contributed by atoms with Crippen molar-refractivity contribution in [1.82, 2.24) is 15.1 Å². The summed E-state index contributed by atoms with van der Waals surface area (Å²) in [6.07, 6.45) is 2.62. The van der Waals surface area contributed by atoms with Gasteiger partial charge in [-0.3, -0.25) is 4.98 Å². The van der Waals surface area contributed by atoms with Crippen molar-refractivity contribution in [3.05, 3.63) is 29.3 Å². The van der Waals surface area contributed by atoms with Crippen LogP contribution in [0, 0.1) is 19.8 Å². The summed E-state index contributed by atoms with van der Waals surface area (Å²) >= 11 is 0. The van der Waals surface area contributed by atoms with Gasteiger partial charge >= 0.3 is 0 Å². The first kappa shape index (κ1) is 13.7. The Kier molecular flexibility index (Phi) is 3.95. The smallest absolute Gasteiger partial charge is 0.243 e. The van der Waals surface area contributed by atoms with Crippen LogP contribution in [0.15, 0.2) is 16.8 Å². The Labute approximate surface area is 113 Å². The molecule has 2 N–H and O–H groups in total. The molecule has 0 fully saturated rings. The predicted molar refractivity (Wildman–Crippen MR) is 73.4 cm³/mol. The quantitative estimate of drug-likeness (QED) is 0.914. The van der Waals surface area contributed by atoms with Gasteiger partial charge < -0.3 is 10.3 Å². The average Bonchev–Trinajstić information content (AvgIpc) is 2.77. The zero-order chi connectivity index (χ0) is 14.0. The summed E-state index contributed by atoms with van der Waals surface area (Å²) in [5.74, 6) is 1.47. The third kappa shape index (κ3) is 3.17. The van der Waals surface area contributed by atoms with E-state index >= 15 is 0 Å². The fraction of sp³-hybridized carbons (Fsp3) is 0.500. The van der Waals surface area contributed by atoms with E-state index in [1.165, 1.54) is 0 Å². The van der Waals surface area contributed by atoms with Gasteiger partial charge in [0.2, 0.25) is 11.7 Å². The molecule has 2 aromatic heterocycles. The van der Waals surface area contributed by atoms with Gasteiger partial charge in [-0.25, -0.2) is 0 Å². The topological polar surface area (TPSA) is 77.8 Å². The van der Waals surface area contributed by atoms with Gasteiger partial charge in [0.25, 0.3) is 0 Å². The summed E-state index contributed by atoms with van der Waals surface area (Å²) in [5, 5.41) is 3.98. The zero-order valence-electron chi connectivity index (χ0n) is 11.8. The highest BCUT2D eigenvalue weighted by molar-refractivity contribution is 5.54. The monoisotopic (exact) mass is 260 g/mol. The van der Waals surface area contributed by atoms with Crippen LogP contribution in [-0.4, -0.2) is 15.1 Å². The summed E-state index contributed by atoms with van der Waals surface area (Å²) in [6.45, 7) is 8.22. The van der Waals surface area contributed by atoms with E-state index in [0.717, 1.165) is 23.2 Å². The van der Waals surface area contributed by atoms with E-state index < -0.39 is 0 Å². The number of aryl methyl sites for hydroxylation is 2. The molecule has 0 amide bonds. The maximum atomic E-state index is 6.03. The van der Waals surface area contributed by atoms with Crippen molar-refractivity contribution in [3.8, 4) is 11.5 Å². The lowest BCUT2D eigenvalue weighted by Gasteiger charge is -2.08. The molecule has 2 heterocycles. The van der Waals surface area contributed by atoms with E-state index in [2.05, 4.69) is 29.0 Å². The maximum Gasteiger partial charge on any atom is 0.243 e. The van der Waals surface area contributed by atoms with Crippen molar-refractivity contribution in [2.75, 3.05) is 0 Å². The SMILES string of the molecule is Cc1cnc(-c2noc([C@H](N)CC(C)C)n2)c(C)c1. The van der Waals surface area contributed by atoms with E-state index in [4.69, 9.17) is 10.3 Å². The molecule has 0 aromatic carbocycles. The molecule has 0 saturated heterocycles. The molecule has 0 unspecified atom stereocenters. The first-order valence-corrected chi connectivity index (χ1v) is 6.50. The van der Waals surface area contributed by atoms with Crippen LogP contribution in [-0.2, 0) is 0 Å². The lowest BCUT2D eigenvalue weighted by atomic mass is 10.0. The summed E-state index contributed by atoms with van der Waals surface area (Å²) in [6, 6.07) is 1.83. The molecule has 0 aliphatic carbocycles. The molecule has 2 rings (SSSR count). The molecule has 5 heteroatoms. The van der Waals surface area contributed by atoms with E-state index in [0.29, 0.717) is 17.6 Å². The number of nitrogens with zero attached hydrogens (tertiary/aromatic N) is 3. The molecule has 0 bridgehead atoms. The van der Waals surface area contributed by atoms with Gasteiger partial charge in [0.15, 0.2) is 0 Å². The molecule has 0 aliphatic heterocycles. The van der Waals surface area contributed by atoms with Crippen molar-refractivity contribution in [2.24, 2.45) is 11.7 Å². The Morgan fingerprint density at radius 3 is 2.68 bits per heavy atom. The predicted octanol–water partition coefficient (Wildman–Crippen LogP) is 2.79. The highest BCUT2D eigenvalue weighted by atomic mass is 16.5. The number of pyridine rings is 1. The lowest BCUT2D eigenvalue weighted by molar-refractivity contribution is 0.335. The van der Waals surface area contributed by atoms with Gasteiger partial charge in [0.05, 0.1) is 6.04 Å². The summed E-state index contributed by atoms with van der Waals surface area (Å²) in [5.41, 5.74) is 8.93. The zero-order valence-corrected chi connectivity index (χ0v) is 11.8. The molecule has 5 nitrogen and oxygen atoms in total. The van der Waals surface area contributed by atoms with Gasteiger partial charge in [-0.2, -0.15) is 4.98 Å². The third-order valence-electron chi connectivity index (χ3n) is 2.91. The molecule has 102 valence electrons. The largest absolute Gasteiger partial charge is 0.337 e. The molecule has 0 spiro atoms. The Morgan fingerprint density at radius 2 is 2.05 bits per heavy atom. The van der Waals surface area contributed by atoms with Crippen LogP contribution in [0.1, 0.15) is 43.3 Å². The van der Waals surface area contributed by atoms with E-state index in [1.54, 1.807) is 6.20 Å². The van der Waals surface area contributed by atoms with Gasteiger partial charge in [0.1, 0.15) is 5.69 Å². The second-order valence-electron chi connectivity index (χ2n) is 5.37. The Hall–Kier alpha value is -1.75. The van der Waals surface area contributed by atoms with Crippen molar-refractivity contribution < 1.29 is 4.52 Å². The van der Waals surface area contributed by atoms with Crippen LogP contribution in [0.4, 0.5) is 0 Å². The molecule has 2 aromatic rings. The van der Waals surface area contributed by atoms with Crippen molar-refractivity contribution in [1.29, 1.82) is 0 Å². The number of nitrogens with two attached hydrogens (primary N) is 1. The fourth-order valence-electron chi connectivity index (χ4n) is 2.04. The second kappa shape index (κ2) is 5.48. The number of hydrogen-bond acceptors (Lipinski definition) is 5. The van der Waals surface area contributed by atoms with E-state index in [1.807, 2.05) is 19.9 Å². The molecule has 0 aliphatic rings. The van der Waals surface area contributed by atoms with Crippen LogP contribution in [0.2, 0.25) is 0 Å². The van der Waals surface area contributed by atoms with Crippen LogP contribution < -0.4 is 5.73 Å². The number of rotatable bonds is 4. The Balaban J connectivity index is 2.25. The maximum absolute atomic E-state index is 6.03. The normalized spacial score (nSPS) is 12.9. The van der Waals surface area contributed by atoms with Gasteiger partial charge in [0, 0.05) is 6.20 Å². The number of aromatic nitrogens is 3. The summed E-state index contributed by atoms with van der Waals surface area (Å²) < 4.78 is 5.24. The highest BCUT2D eigenvalue weighted by Crippen LogP contribution is 2.22. The van der Waals surface area contributed by atoms with Gasteiger partial charge in [-0.15, -0.1) is 0 Å². The summed E-state index contributed by atoms with van der Waals surface area (Å²) in [7, 11) is 0. The van der Waals surface area contributed by atoms with E-state index in [9.17, 15) is 0 Å². The van der Waals surface area contributed by atoms with Crippen LogP contribution in [0.5, 0.6) is 0 Å². The molecular weight excluding hydrogens is 240 g/mol. The second-order valence-corrected chi connectivity index (χ2v) is 5.37. The molecular formula is C14H20N4O. The minimum atomic E-state index is -0.216. The average molecular weight is 260 g/mol. The van der Waals surface area contributed by atoms with Gasteiger partial charge in [-0.1, -0.05) is 25.1 Å². The van der Waals surface area contributed by atoms with Crippen molar-refractivity contribution in [3.63, 3.8) is 0 Å². The highest BCUT2D eigenvalue weighted by Gasteiger charge is 2.18. The first-order chi connectivity index (χ1) is 8.97. The Bertz CT molecular complexity index is 562. The molecule has 1 atom stereocenters. The molecule has 0 saturated carbocycles.